The smallest absolute Gasteiger partial charge is 0.414 e. The van der Waals surface area contributed by atoms with Crippen molar-refractivity contribution in [2.75, 3.05) is 42.6 Å². The molecule has 0 aromatic heterocycles. The van der Waals surface area contributed by atoms with Gasteiger partial charge in [-0.15, -0.1) is 0 Å². The van der Waals surface area contributed by atoms with Gasteiger partial charge in [-0.1, -0.05) is 15.9 Å². The number of halogens is 1. The highest BCUT2D eigenvalue weighted by Gasteiger charge is 2.48. The number of piperidine rings is 1. The van der Waals surface area contributed by atoms with E-state index < -0.39 is 0 Å². The highest BCUT2D eigenvalue weighted by atomic mass is 79.9. The van der Waals surface area contributed by atoms with E-state index in [1.54, 1.807) is 4.90 Å². The molecule has 2 amide bonds. The van der Waals surface area contributed by atoms with Crippen molar-refractivity contribution < 1.29 is 19.1 Å². The number of nitrogens with zero attached hydrogens (tertiary/aromatic N) is 3. The molecule has 7 nitrogen and oxygen atoms in total. The van der Waals surface area contributed by atoms with Gasteiger partial charge in [0, 0.05) is 36.1 Å². The minimum absolute atomic E-state index is 0.00976. The maximum atomic E-state index is 12.6. The Labute approximate surface area is 173 Å². The number of amides is 2. The lowest BCUT2D eigenvalue weighted by molar-refractivity contribution is 0.0932. The molecule has 3 atom stereocenters. The summed E-state index contributed by atoms with van der Waals surface area (Å²) in [5.74, 6) is 0.207. The van der Waals surface area contributed by atoms with Crippen molar-refractivity contribution in [3.8, 4) is 0 Å². The molecule has 1 fully saturated rings. The molecule has 0 spiro atoms. The predicted octanol–water partition coefficient (Wildman–Crippen LogP) is 3.95. The largest absolute Gasteiger partial charge is 0.450 e. The molecule has 0 aliphatic carbocycles. The molecule has 28 heavy (non-hydrogen) atoms. The van der Waals surface area contributed by atoms with Crippen LogP contribution in [0.2, 0.25) is 0 Å². The molecule has 4 rings (SSSR count). The minimum Gasteiger partial charge on any atom is -0.450 e. The van der Waals surface area contributed by atoms with Gasteiger partial charge in [0.25, 0.3) is 0 Å². The molecule has 0 saturated carbocycles. The molecule has 0 bridgehead atoms. The van der Waals surface area contributed by atoms with Crippen molar-refractivity contribution in [3.63, 3.8) is 0 Å². The van der Waals surface area contributed by atoms with Gasteiger partial charge < -0.3 is 19.3 Å². The zero-order chi connectivity index (χ0) is 20.0. The van der Waals surface area contributed by atoms with E-state index in [0.717, 1.165) is 28.8 Å². The van der Waals surface area contributed by atoms with Gasteiger partial charge in [0.05, 0.1) is 30.6 Å². The zero-order valence-corrected chi connectivity index (χ0v) is 18.1. The summed E-state index contributed by atoms with van der Waals surface area (Å²) in [5, 5.41) is 0. The molecule has 8 heteroatoms. The molecule has 3 heterocycles. The summed E-state index contributed by atoms with van der Waals surface area (Å²) in [6.45, 7) is 8.53. The molecule has 1 saturated heterocycles. The van der Waals surface area contributed by atoms with Crippen LogP contribution in [-0.2, 0) is 9.47 Å². The van der Waals surface area contributed by atoms with Crippen molar-refractivity contribution >= 4 is 39.5 Å². The third kappa shape index (κ3) is 3.02. The van der Waals surface area contributed by atoms with E-state index in [4.69, 9.17) is 9.47 Å². The Bertz CT molecular complexity index is 802. The molecule has 3 aliphatic heterocycles. The number of hydrogen-bond acceptors (Lipinski definition) is 5. The lowest BCUT2D eigenvalue weighted by Gasteiger charge is -2.44. The van der Waals surface area contributed by atoms with Crippen LogP contribution in [0.3, 0.4) is 0 Å². The van der Waals surface area contributed by atoms with Crippen LogP contribution in [0, 0.1) is 0 Å². The first-order chi connectivity index (χ1) is 13.5. The molecule has 1 aromatic rings. The number of likely N-dealkylation sites (tertiary alicyclic amines) is 1. The summed E-state index contributed by atoms with van der Waals surface area (Å²) in [4.78, 5) is 30.9. The summed E-state index contributed by atoms with van der Waals surface area (Å²) >= 11 is 3.62. The van der Waals surface area contributed by atoms with E-state index in [1.165, 1.54) is 5.56 Å². The van der Waals surface area contributed by atoms with Gasteiger partial charge in [-0.05, 0) is 44.9 Å². The van der Waals surface area contributed by atoms with Gasteiger partial charge in [-0.3, -0.25) is 4.90 Å². The van der Waals surface area contributed by atoms with Crippen LogP contribution in [0.5, 0.6) is 0 Å². The maximum absolute atomic E-state index is 12.6. The number of carbonyl (C=O) groups is 2. The van der Waals surface area contributed by atoms with Gasteiger partial charge >= 0.3 is 12.2 Å². The van der Waals surface area contributed by atoms with E-state index in [-0.39, 0.29) is 24.1 Å². The monoisotopic (exact) mass is 451 g/mol. The lowest BCUT2D eigenvalue weighted by atomic mass is 9.89. The first kappa shape index (κ1) is 19.4. The van der Waals surface area contributed by atoms with Gasteiger partial charge in [0.2, 0.25) is 0 Å². The molecule has 152 valence electrons. The SMILES string of the molecule is CCOC(=O)N1CCC2C(C1)c1cc(Br)cc3c1N2CC(C)N3C(=O)OCC. The quantitative estimate of drug-likeness (QED) is 0.680. The van der Waals surface area contributed by atoms with Crippen LogP contribution < -0.4 is 9.80 Å². The Hall–Kier alpha value is -1.96. The summed E-state index contributed by atoms with van der Waals surface area (Å²) in [6.07, 6.45) is 0.340. The predicted molar refractivity (Wildman–Crippen MR) is 110 cm³/mol. The molecule has 1 aromatic carbocycles. The molecule has 3 unspecified atom stereocenters. The molecule has 0 radical (unpaired) electrons. The van der Waals surface area contributed by atoms with E-state index >= 15 is 0 Å². The van der Waals surface area contributed by atoms with Crippen LogP contribution in [0.15, 0.2) is 16.6 Å². The number of ether oxygens (including phenoxy) is 2. The number of fused-ring (bicyclic) bond motifs is 3. The summed E-state index contributed by atoms with van der Waals surface area (Å²) in [6, 6.07) is 4.47. The second-order valence-corrected chi connectivity index (χ2v) is 8.46. The second kappa shape index (κ2) is 7.46. The van der Waals surface area contributed by atoms with Crippen LogP contribution in [0.25, 0.3) is 0 Å². The highest BCUT2D eigenvalue weighted by Crippen LogP contribution is 2.53. The average molecular weight is 452 g/mol. The first-order valence-corrected chi connectivity index (χ1v) is 10.7. The molecular formula is C20H26BrN3O4. The van der Waals surface area contributed by atoms with Crippen molar-refractivity contribution in [3.05, 3.63) is 22.2 Å². The number of rotatable bonds is 2. The van der Waals surface area contributed by atoms with E-state index in [9.17, 15) is 9.59 Å². The Kier molecular flexibility index (Phi) is 5.16. The van der Waals surface area contributed by atoms with Crippen LogP contribution >= 0.6 is 15.9 Å². The Balaban J connectivity index is 1.73. The standard InChI is InChI=1S/C20H26BrN3O4/c1-4-27-19(25)22-7-6-16-15(11-22)14-8-13(21)9-17-18(14)23(16)10-12(3)24(17)20(26)28-5-2/h8-9,12,15-16H,4-7,10-11H2,1-3H3. The Morgan fingerprint density at radius 2 is 1.86 bits per heavy atom. The summed E-state index contributed by atoms with van der Waals surface area (Å²) in [5.41, 5.74) is 3.18. The summed E-state index contributed by atoms with van der Waals surface area (Å²) < 4.78 is 11.5. The van der Waals surface area contributed by atoms with Gasteiger partial charge in [0.15, 0.2) is 0 Å². The fourth-order valence-electron chi connectivity index (χ4n) is 4.85. The molecular weight excluding hydrogens is 426 g/mol. The maximum Gasteiger partial charge on any atom is 0.414 e. The number of benzene rings is 1. The average Bonchev–Trinajstić information content (AvgIpc) is 2.95. The molecule has 0 N–H and O–H groups in total. The Morgan fingerprint density at radius 1 is 1.14 bits per heavy atom. The van der Waals surface area contributed by atoms with Crippen LogP contribution in [0.1, 0.15) is 38.7 Å². The fraction of sp³-hybridized carbons (Fsp3) is 0.600. The topological polar surface area (TPSA) is 62.3 Å². The third-order valence-electron chi connectivity index (χ3n) is 5.90. The van der Waals surface area contributed by atoms with E-state index in [2.05, 4.69) is 33.8 Å². The second-order valence-electron chi connectivity index (χ2n) is 7.54. The number of anilines is 2. The van der Waals surface area contributed by atoms with E-state index in [0.29, 0.717) is 32.3 Å². The molecule has 3 aliphatic rings. The third-order valence-corrected chi connectivity index (χ3v) is 6.36. The Morgan fingerprint density at radius 3 is 2.57 bits per heavy atom. The number of carbonyl (C=O) groups excluding carboxylic acids is 2. The van der Waals surface area contributed by atoms with Gasteiger partial charge in [-0.2, -0.15) is 0 Å². The van der Waals surface area contributed by atoms with Crippen molar-refractivity contribution in [2.24, 2.45) is 0 Å². The van der Waals surface area contributed by atoms with E-state index in [1.807, 2.05) is 24.8 Å². The summed E-state index contributed by atoms with van der Waals surface area (Å²) in [7, 11) is 0. The van der Waals surface area contributed by atoms with Crippen molar-refractivity contribution in [1.82, 2.24) is 4.90 Å². The van der Waals surface area contributed by atoms with Gasteiger partial charge in [0.1, 0.15) is 0 Å². The van der Waals surface area contributed by atoms with Crippen LogP contribution in [-0.4, -0.2) is 62.0 Å². The van der Waals surface area contributed by atoms with Crippen molar-refractivity contribution in [2.45, 2.75) is 45.2 Å². The lowest BCUT2D eigenvalue weighted by Crippen LogP contribution is -2.54. The first-order valence-electron chi connectivity index (χ1n) is 9.94. The van der Waals surface area contributed by atoms with Crippen molar-refractivity contribution in [1.29, 1.82) is 0 Å². The normalized spacial score (nSPS) is 25.3. The number of hydrogen-bond donors (Lipinski definition) is 0. The minimum atomic E-state index is -0.307. The van der Waals surface area contributed by atoms with Crippen LogP contribution in [0.4, 0.5) is 21.0 Å². The highest BCUT2D eigenvalue weighted by molar-refractivity contribution is 9.10. The fourth-order valence-corrected chi connectivity index (χ4v) is 5.31. The zero-order valence-electron chi connectivity index (χ0n) is 16.5. The van der Waals surface area contributed by atoms with Gasteiger partial charge in [-0.25, -0.2) is 9.59 Å².